The number of aliphatic imine (C=N–C) groups is 1. The van der Waals surface area contributed by atoms with Gasteiger partial charge in [-0.05, 0) is 39.4 Å². The summed E-state index contributed by atoms with van der Waals surface area (Å²) in [6, 6.07) is 6.83. The number of nitrogens with one attached hydrogen (secondary N) is 2. The molecule has 1 aromatic carbocycles. The molecule has 0 heterocycles. The van der Waals surface area contributed by atoms with Crippen LogP contribution >= 0.6 is 0 Å². The maximum Gasteiger partial charge on any atom is 0.191 e. The average molecular weight is 365 g/mol. The van der Waals surface area contributed by atoms with Gasteiger partial charge in [-0.15, -0.1) is 0 Å². The molecule has 1 aromatic rings. The van der Waals surface area contributed by atoms with Crippen LogP contribution in [-0.4, -0.2) is 64.4 Å². The summed E-state index contributed by atoms with van der Waals surface area (Å²) in [5.41, 5.74) is 2.31. The average Bonchev–Trinajstić information content (AvgIpc) is 2.62. The Bertz CT molecular complexity index is 547. The van der Waals surface area contributed by atoms with Crippen molar-refractivity contribution in [3.8, 4) is 5.75 Å². The van der Waals surface area contributed by atoms with Gasteiger partial charge in [-0.3, -0.25) is 4.99 Å². The van der Waals surface area contributed by atoms with Crippen LogP contribution in [0.25, 0.3) is 0 Å². The molecule has 2 N–H and O–H groups in total. The lowest BCUT2D eigenvalue weighted by Crippen LogP contribution is -2.41. The Kier molecular flexibility index (Phi) is 10.7. The van der Waals surface area contributed by atoms with E-state index in [9.17, 15) is 0 Å². The van der Waals surface area contributed by atoms with Gasteiger partial charge < -0.3 is 25.0 Å². The number of rotatable bonds is 11. The van der Waals surface area contributed by atoms with Gasteiger partial charge in [0.1, 0.15) is 5.75 Å². The first kappa shape index (κ1) is 22.3. The standard InChI is InChI=1S/C20H36N4O2/c1-16(2)24(5)11-10-22-20(21-4)23-15-18-9-8-17(3)14-19(18)26-13-7-12-25-6/h8-9,14,16H,7,10-13,15H2,1-6H3,(H2,21,22,23). The van der Waals surface area contributed by atoms with E-state index in [0.717, 1.165) is 36.8 Å². The summed E-state index contributed by atoms with van der Waals surface area (Å²) in [7, 11) is 5.63. The van der Waals surface area contributed by atoms with E-state index in [-0.39, 0.29) is 0 Å². The van der Waals surface area contributed by atoms with Crippen LogP contribution in [0.1, 0.15) is 31.4 Å². The number of aryl methyl sites for hydroxylation is 1. The van der Waals surface area contributed by atoms with Gasteiger partial charge in [0.2, 0.25) is 0 Å². The van der Waals surface area contributed by atoms with Gasteiger partial charge in [-0.25, -0.2) is 0 Å². The Morgan fingerprint density at radius 1 is 1.23 bits per heavy atom. The molecule has 26 heavy (non-hydrogen) atoms. The molecular weight excluding hydrogens is 328 g/mol. The molecule has 0 unspecified atom stereocenters. The number of guanidine groups is 1. The van der Waals surface area contributed by atoms with Crippen molar-refractivity contribution >= 4 is 5.96 Å². The minimum Gasteiger partial charge on any atom is -0.493 e. The SMILES string of the molecule is CN=C(NCCN(C)C(C)C)NCc1ccc(C)cc1OCCCOC. The van der Waals surface area contributed by atoms with E-state index in [1.165, 1.54) is 5.56 Å². The van der Waals surface area contributed by atoms with E-state index >= 15 is 0 Å². The maximum absolute atomic E-state index is 5.94. The Labute approximate surface area is 159 Å². The molecule has 0 spiro atoms. The van der Waals surface area contributed by atoms with Crippen molar-refractivity contribution in [3.63, 3.8) is 0 Å². The highest BCUT2D eigenvalue weighted by Gasteiger charge is 2.07. The summed E-state index contributed by atoms with van der Waals surface area (Å²) in [5.74, 6) is 1.72. The smallest absolute Gasteiger partial charge is 0.191 e. The summed E-state index contributed by atoms with van der Waals surface area (Å²) in [5, 5.41) is 6.72. The quantitative estimate of drug-likeness (QED) is 0.359. The van der Waals surface area contributed by atoms with Gasteiger partial charge in [-0.2, -0.15) is 0 Å². The van der Waals surface area contributed by atoms with Crippen molar-refractivity contribution in [1.29, 1.82) is 0 Å². The van der Waals surface area contributed by atoms with Gasteiger partial charge >= 0.3 is 0 Å². The van der Waals surface area contributed by atoms with E-state index in [1.54, 1.807) is 14.2 Å². The van der Waals surface area contributed by atoms with Crippen LogP contribution < -0.4 is 15.4 Å². The number of nitrogens with zero attached hydrogens (tertiary/aromatic N) is 2. The summed E-state index contributed by atoms with van der Waals surface area (Å²) in [4.78, 5) is 6.59. The van der Waals surface area contributed by atoms with Crippen LogP contribution in [0.5, 0.6) is 5.75 Å². The highest BCUT2D eigenvalue weighted by atomic mass is 16.5. The van der Waals surface area contributed by atoms with E-state index in [0.29, 0.717) is 25.8 Å². The molecule has 148 valence electrons. The van der Waals surface area contributed by atoms with Gasteiger partial charge in [0.25, 0.3) is 0 Å². The van der Waals surface area contributed by atoms with Crippen LogP contribution in [0.3, 0.4) is 0 Å². The summed E-state index contributed by atoms with van der Waals surface area (Å²) in [6.45, 7) is 10.3. The lowest BCUT2D eigenvalue weighted by molar-refractivity contribution is 0.171. The second-order valence-corrected chi connectivity index (χ2v) is 6.73. The molecule has 6 nitrogen and oxygen atoms in total. The monoisotopic (exact) mass is 364 g/mol. The number of benzene rings is 1. The molecule has 0 amide bonds. The molecular formula is C20H36N4O2. The molecule has 0 aliphatic heterocycles. The minimum absolute atomic E-state index is 0.539. The fourth-order valence-corrected chi connectivity index (χ4v) is 2.34. The van der Waals surface area contributed by atoms with E-state index < -0.39 is 0 Å². The zero-order valence-electron chi connectivity index (χ0n) is 17.3. The fraction of sp³-hybridized carbons (Fsp3) is 0.650. The van der Waals surface area contributed by atoms with Crippen molar-refractivity contribution in [2.75, 3.05) is 47.5 Å². The lowest BCUT2D eigenvalue weighted by Gasteiger charge is -2.22. The molecule has 0 aliphatic rings. The first-order valence-electron chi connectivity index (χ1n) is 9.34. The Morgan fingerprint density at radius 3 is 2.65 bits per heavy atom. The van der Waals surface area contributed by atoms with Gasteiger partial charge in [0.15, 0.2) is 5.96 Å². The highest BCUT2D eigenvalue weighted by molar-refractivity contribution is 5.79. The second kappa shape index (κ2) is 12.5. The largest absolute Gasteiger partial charge is 0.493 e. The van der Waals surface area contributed by atoms with Gasteiger partial charge in [-0.1, -0.05) is 12.1 Å². The Hall–Kier alpha value is -1.79. The van der Waals surface area contributed by atoms with Crippen molar-refractivity contribution in [2.24, 2.45) is 4.99 Å². The van der Waals surface area contributed by atoms with Crippen LogP contribution in [0, 0.1) is 6.92 Å². The molecule has 0 radical (unpaired) electrons. The third kappa shape index (κ3) is 8.54. The van der Waals surface area contributed by atoms with Crippen LogP contribution in [0.15, 0.2) is 23.2 Å². The zero-order chi connectivity index (χ0) is 19.4. The number of hydrogen-bond donors (Lipinski definition) is 2. The van der Waals surface area contributed by atoms with Crippen molar-refractivity contribution in [3.05, 3.63) is 29.3 Å². The predicted octanol–water partition coefficient (Wildman–Crippen LogP) is 2.42. The molecule has 6 heteroatoms. The third-order valence-corrected chi connectivity index (χ3v) is 4.28. The van der Waals surface area contributed by atoms with E-state index in [4.69, 9.17) is 9.47 Å². The molecule has 0 saturated heterocycles. The summed E-state index contributed by atoms with van der Waals surface area (Å²) in [6.07, 6.45) is 0.879. The number of likely N-dealkylation sites (N-methyl/N-ethyl adjacent to an activating group) is 1. The minimum atomic E-state index is 0.539. The fourth-order valence-electron chi connectivity index (χ4n) is 2.34. The predicted molar refractivity (Wildman–Crippen MR) is 109 cm³/mol. The molecule has 0 aromatic heterocycles. The van der Waals surface area contributed by atoms with Crippen molar-refractivity contribution < 1.29 is 9.47 Å². The van der Waals surface area contributed by atoms with Gasteiger partial charge in [0, 0.05) is 58.4 Å². The molecule has 0 saturated carbocycles. The third-order valence-electron chi connectivity index (χ3n) is 4.28. The number of ether oxygens (including phenoxy) is 2. The molecule has 0 atom stereocenters. The zero-order valence-corrected chi connectivity index (χ0v) is 17.3. The number of methoxy groups -OCH3 is 1. The Morgan fingerprint density at radius 2 is 2.00 bits per heavy atom. The number of hydrogen-bond acceptors (Lipinski definition) is 4. The Balaban J connectivity index is 2.53. The van der Waals surface area contributed by atoms with E-state index in [2.05, 4.69) is 66.5 Å². The lowest BCUT2D eigenvalue weighted by atomic mass is 10.1. The van der Waals surface area contributed by atoms with Crippen molar-refractivity contribution in [1.82, 2.24) is 15.5 Å². The molecule has 0 aliphatic carbocycles. The second-order valence-electron chi connectivity index (χ2n) is 6.73. The van der Waals surface area contributed by atoms with Gasteiger partial charge in [0.05, 0.1) is 6.61 Å². The molecule has 0 fully saturated rings. The topological polar surface area (TPSA) is 58.1 Å². The molecule has 1 rings (SSSR count). The van der Waals surface area contributed by atoms with Crippen molar-refractivity contribution in [2.45, 2.75) is 39.8 Å². The molecule has 0 bridgehead atoms. The summed E-state index contributed by atoms with van der Waals surface area (Å²) >= 11 is 0. The first-order chi connectivity index (χ1) is 12.5. The van der Waals surface area contributed by atoms with Crippen LogP contribution in [0.2, 0.25) is 0 Å². The van der Waals surface area contributed by atoms with Crippen LogP contribution in [-0.2, 0) is 11.3 Å². The highest BCUT2D eigenvalue weighted by Crippen LogP contribution is 2.20. The van der Waals surface area contributed by atoms with E-state index in [1.807, 2.05) is 0 Å². The van der Waals surface area contributed by atoms with Crippen LogP contribution in [0.4, 0.5) is 0 Å². The summed E-state index contributed by atoms with van der Waals surface area (Å²) < 4.78 is 11.0. The maximum atomic E-state index is 5.94. The first-order valence-corrected chi connectivity index (χ1v) is 9.34. The normalized spacial score (nSPS) is 11.9.